The molecule has 136 valence electrons. The Hall–Kier alpha value is -2.22. The zero-order chi connectivity index (χ0) is 17.9. The summed E-state index contributed by atoms with van der Waals surface area (Å²) in [6, 6.07) is 13.8. The second-order valence-corrected chi connectivity index (χ2v) is 7.58. The van der Waals surface area contributed by atoms with Gasteiger partial charge in [0.1, 0.15) is 6.04 Å². The molecule has 1 aromatic carbocycles. The van der Waals surface area contributed by atoms with Crippen LogP contribution in [-0.4, -0.2) is 53.8 Å². The fraction of sp³-hybridized carbons (Fsp3) is 0.368. The zero-order valence-corrected chi connectivity index (χ0v) is 15.2. The molecule has 0 saturated carbocycles. The molecule has 2 aliphatic heterocycles. The largest absolute Gasteiger partial charge is 0.338 e. The maximum absolute atomic E-state index is 12.8. The maximum atomic E-state index is 12.8. The minimum Gasteiger partial charge on any atom is -0.338 e. The van der Waals surface area contributed by atoms with E-state index in [-0.39, 0.29) is 23.9 Å². The summed E-state index contributed by atoms with van der Waals surface area (Å²) in [4.78, 5) is 29.7. The number of amides is 2. The Bertz CT molecular complexity index is 757. The summed E-state index contributed by atoms with van der Waals surface area (Å²) >= 11 is 1.46. The highest BCUT2D eigenvalue weighted by atomic mass is 32.1. The first-order valence-corrected chi connectivity index (χ1v) is 9.78. The third-order valence-electron chi connectivity index (χ3n) is 5.01. The van der Waals surface area contributed by atoms with Crippen LogP contribution >= 0.6 is 11.3 Å². The summed E-state index contributed by atoms with van der Waals surface area (Å²) in [7, 11) is 0. The molecule has 2 fully saturated rings. The average Bonchev–Trinajstić information content (AvgIpc) is 3.40. The molecule has 7 heteroatoms. The van der Waals surface area contributed by atoms with Gasteiger partial charge in [-0.15, -0.1) is 11.3 Å². The number of hydrazine groups is 1. The smallest absolute Gasteiger partial charge is 0.264 e. The predicted molar refractivity (Wildman–Crippen MR) is 101 cm³/mol. The molecule has 2 amide bonds. The van der Waals surface area contributed by atoms with Gasteiger partial charge in [-0.2, -0.15) is 0 Å². The van der Waals surface area contributed by atoms with Crippen molar-refractivity contribution in [2.75, 3.05) is 26.2 Å². The topological polar surface area (TPSA) is 64.7 Å². The van der Waals surface area contributed by atoms with Gasteiger partial charge < -0.3 is 9.80 Å². The van der Waals surface area contributed by atoms with Crippen LogP contribution in [0.4, 0.5) is 0 Å². The monoisotopic (exact) mass is 370 g/mol. The Morgan fingerprint density at radius 1 is 0.923 bits per heavy atom. The number of carbonyl (C=O) groups excluding carboxylic acids is 2. The molecule has 26 heavy (non-hydrogen) atoms. The lowest BCUT2D eigenvalue weighted by atomic mass is 10.0. The average molecular weight is 370 g/mol. The molecule has 2 unspecified atom stereocenters. The molecule has 0 spiro atoms. The maximum Gasteiger partial charge on any atom is 0.264 e. The standard InChI is InChI=1S/C19H22N4O2S/c24-18(16-13-15(20-21-16)14-5-2-1-3-6-14)22-8-10-23(11-9-22)19(25)17-7-4-12-26-17/h1-7,12,15-16,20-21H,8-11,13H2. The molecule has 0 radical (unpaired) electrons. The van der Waals surface area contributed by atoms with Crippen molar-refractivity contribution in [1.29, 1.82) is 0 Å². The first-order valence-electron chi connectivity index (χ1n) is 8.90. The SMILES string of the molecule is O=C(c1cccs1)N1CCN(C(=O)C2CC(c3ccccc3)NN2)CC1. The van der Waals surface area contributed by atoms with Crippen molar-refractivity contribution in [2.45, 2.75) is 18.5 Å². The van der Waals surface area contributed by atoms with Crippen LogP contribution in [0.1, 0.15) is 27.7 Å². The van der Waals surface area contributed by atoms with Gasteiger partial charge in [-0.05, 0) is 23.4 Å². The van der Waals surface area contributed by atoms with E-state index in [2.05, 4.69) is 23.0 Å². The quantitative estimate of drug-likeness (QED) is 0.862. The van der Waals surface area contributed by atoms with Gasteiger partial charge in [-0.25, -0.2) is 10.9 Å². The molecule has 2 N–H and O–H groups in total. The summed E-state index contributed by atoms with van der Waals surface area (Å²) in [5.41, 5.74) is 7.55. The zero-order valence-electron chi connectivity index (χ0n) is 14.4. The first kappa shape index (κ1) is 17.2. The molecule has 0 aliphatic carbocycles. The van der Waals surface area contributed by atoms with Crippen LogP contribution in [0.5, 0.6) is 0 Å². The molecule has 1 aromatic heterocycles. The van der Waals surface area contributed by atoms with Crippen LogP contribution < -0.4 is 10.9 Å². The second-order valence-electron chi connectivity index (χ2n) is 6.64. The van der Waals surface area contributed by atoms with Crippen molar-refractivity contribution in [3.8, 4) is 0 Å². The van der Waals surface area contributed by atoms with Crippen molar-refractivity contribution < 1.29 is 9.59 Å². The molecular weight excluding hydrogens is 348 g/mol. The number of hydrogen-bond acceptors (Lipinski definition) is 5. The number of thiophene rings is 1. The lowest BCUT2D eigenvalue weighted by Gasteiger charge is -2.35. The van der Waals surface area contributed by atoms with E-state index < -0.39 is 0 Å². The van der Waals surface area contributed by atoms with Crippen molar-refractivity contribution in [2.24, 2.45) is 0 Å². The van der Waals surface area contributed by atoms with Crippen molar-refractivity contribution in [1.82, 2.24) is 20.7 Å². The number of nitrogens with one attached hydrogen (secondary N) is 2. The number of hydrogen-bond donors (Lipinski definition) is 2. The Labute approximate surface area is 156 Å². The van der Waals surface area contributed by atoms with Gasteiger partial charge in [0, 0.05) is 32.2 Å². The minimum atomic E-state index is -0.222. The summed E-state index contributed by atoms with van der Waals surface area (Å²) < 4.78 is 0. The summed E-state index contributed by atoms with van der Waals surface area (Å²) in [6.07, 6.45) is 0.733. The number of benzene rings is 1. The van der Waals surface area contributed by atoms with E-state index >= 15 is 0 Å². The highest BCUT2D eigenvalue weighted by Gasteiger charge is 2.34. The highest BCUT2D eigenvalue weighted by molar-refractivity contribution is 7.12. The van der Waals surface area contributed by atoms with E-state index in [1.54, 1.807) is 0 Å². The second kappa shape index (κ2) is 7.57. The fourth-order valence-electron chi connectivity index (χ4n) is 3.53. The molecule has 2 aliphatic rings. The Morgan fingerprint density at radius 3 is 2.35 bits per heavy atom. The van der Waals surface area contributed by atoms with E-state index in [1.165, 1.54) is 16.9 Å². The third kappa shape index (κ3) is 3.51. The Balaban J connectivity index is 1.31. The van der Waals surface area contributed by atoms with Crippen molar-refractivity contribution >= 4 is 23.2 Å². The molecule has 2 atom stereocenters. The van der Waals surface area contributed by atoms with Crippen LogP contribution in [0.3, 0.4) is 0 Å². The van der Waals surface area contributed by atoms with Gasteiger partial charge in [0.25, 0.3) is 5.91 Å². The normalized spacial score (nSPS) is 23.2. The van der Waals surface area contributed by atoms with Gasteiger partial charge >= 0.3 is 0 Å². The van der Waals surface area contributed by atoms with Gasteiger partial charge in [-0.1, -0.05) is 36.4 Å². The Kier molecular flexibility index (Phi) is 5.01. The number of rotatable bonds is 3. The van der Waals surface area contributed by atoms with Crippen LogP contribution in [-0.2, 0) is 4.79 Å². The molecule has 6 nitrogen and oxygen atoms in total. The number of nitrogens with zero attached hydrogens (tertiary/aromatic N) is 2. The van der Waals surface area contributed by atoms with E-state index in [0.29, 0.717) is 26.2 Å². The van der Waals surface area contributed by atoms with E-state index in [1.807, 2.05) is 45.5 Å². The lowest BCUT2D eigenvalue weighted by molar-refractivity contribution is -0.134. The van der Waals surface area contributed by atoms with Gasteiger partial charge in [0.05, 0.1) is 4.88 Å². The van der Waals surface area contributed by atoms with Crippen LogP contribution in [0.2, 0.25) is 0 Å². The van der Waals surface area contributed by atoms with Crippen molar-refractivity contribution in [3.05, 3.63) is 58.3 Å². The van der Waals surface area contributed by atoms with E-state index in [4.69, 9.17) is 0 Å². The minimum absolute atomic E-state index is 0.0666. The number of piperazine rings is 1. The summed E-state index contributed by atoms with van der Waals surface area (Å²) in [5, 5.41) is 1.91. The molecule has 3 heterocycles. The third-order valence-corrected chi connectivity index (χ3v) is 5.87. The molecule has 4 rings (SSSR count). The summed E-state index contributed by atoms with van der Waals surface area (Å²) in [6.45, 7) is 2.35. The van der Waals surface area contributed by atoms with Crippen molar-refractivity contribution in [3.63, 3.8) is 0 Å². The van der Waals surface area contributed by atoms with Gasteiger partial charge in [0.2, 0.25) is 5.91 Å². The van der Waals surface area contributed by atoms with Gasteiger partial charge in [-0.3, -0.25) is 9.59 Å². The number of carbonyl (C=O) groups is 2. The fourth-order valence-corrected chi connectivity index (χ4v) is 4.22. The summed E-state index contributed by atoms with van der Waals surface area (Å²) in [5.74, 6) is 0.177. The molecule has 0 bridgehead atoms. The molecule has 2 aromatic rings. The Morgan fingerprint density at radius 2 is 1.65 bits per heavy atom. The molecular formula is C19H22N4O2S. The van der Waals surface area contributed by atoms with E-state index in [9.17, 15) is 9.59 Å². The predicted octanol–water partition coefficient (Wildman–Crippen LogP) is 1.64. The first-order chi connectivity index (χ1) is 12.7. The van der Waals surface area contributed by atoms with Crippen LogP contribution in [0.25, 0.3) is 0 Å². The lowest BCUT2D eigenvalue weighted by Crippen LogP contribution is -2.54. The van der Waals surface area contributed by atoms with E-state index in [0.717, 1.165) is 11.3 Å². The van der Waals surface area contributed by atoms with Crippen LogP contribution in [0, 0.1) is 0 Å². The highest BCUT2D eigenvalue weighted by Crippen LogP contribution is 2.23. The molecule has 2 saturated heterocycles. The van der Waals surface area contributed by atoms with Crippen LogP contribution in [0.15, 0.2) is 47.8 Å². The van der Waals surface area contributed by atoms with Gasteiger partial charge in [0.15, 0.2) is 0 Å².